The van der Waals surface area contributed by atoms with Crippen LogP contribution in [0, 0.1) is 0 Å². The van der Waals surface area contributed by atoms with Gasteiger partial charge in [-0.1, -0.05) is 0 Å². The second-order valence-electron chi connectivity index (χ2n) is 5.16. The monoisotopic (exact) mass is 297 g/mol. The second-order valence-corrected chi connectivity index (χ2v) is 5.16. The minimum absolute atomic E-state index is 0.0329. The molecule has 3 heterocycles. The lowest BCUT2D eigenvalue weighted by molar-refractivity contribution is -0.0950. The summed E-state index contributed by atoms with van der Waals surface area (Å²) >= 11 is 0. The van der Waals surface area contributed by atoms with Gasteiger partial charge in [-0.25, -0.2) is 4.98 Å². The van der Waals surface area contributed by atoms with Gasteiger partial charge in [-0.2, -0.15) is 4.98 Å². The molecule has 0 bridgehead atoms. The molecule has 1 aliphatic heterocycles. The Bertz CT molecular complexity index is 738. The second kappa shape index (κ2) is 4.49. The topological polar surface area (TPSA) is 160 Å². The number of aliphatic hydroxyl groups excluding tert-OH is 2. The summed E-state index contributed by atoms with van der Waals surface area (Å²) in [5.74, 6) is -0.105. The van der Waals surface area contributed by atoms with Crippen molar-refractivity contribution in [1.82, 2.24) is 19.5 Å². The number of hydrogen-bond acceptors (Lipinski definition) is 8. The number of rotatable bonds is 2. The summed E-state index contributed by atoms with van der Waals surface area (Å²) in [5.41, 5.74) is 3.44. The highest BCUT2D eigenvalue weighted by Crippen LogP contribution is 2.38. The van der Waals surface area contributed by atoms with Crippen LogP contribution in [-0.4, -0.2) is 59.3 Å². The molecule has 6 N–H and O–H groups in total. The molecule has 1 aliphatic rings. The fourth-order valence-electron chi connectivity index (χ4n) is 2.50. The smallest absolute Gasteiger partial charge is 0.280 e. The van der Waals surface area contributed by atoms with Crippen LogP contribution in [0.1, 0.15) is 13.2 Å². The summed E-state index contributed by atoms with van der Waals surface area (Å²) in [6.45, 7) is 0.900. The number of nitrogens with zero attached hydrogens (tertiary/aromatic N) is 3. The van der Waals surface area contributed by atoms with E-state index in [9.17, 15) is 20.1 Å². The Hall–Kier alpha value is -2.01. The molecule has 0 amide bonds. The zero-order valence-corrected chi connectivity index (χ0v) is 11.1. The molecule has 1 unspecified atom stereocenters. The number of aromatic nitrogens is 4. The van der Waals surface area contributed by atoms with Crippen LogP contribution >= 0.6 is 0 Å². The van der Waals surface area contributed by atoms with Gasteiger partial charge in [0.1, 0.15) is 17.8 Å². The molecule has 4 atom stereocenters. The van der Waals surface area contributed by atoms with Crippen LogP contribution < -0.4 is 11.3 Å². The van der Waals surface area contributed by atoms with Crippen molar-refractivity contribution in [1.29, 1.82) is 0 Å². The zero-order chi connectivity index (χ0) is 15.4. The largest absolute Gasteiger partial charge is 0.394 e. The Morgan fingerprint density at radius 2 is 2.33 bits per heavy atom. The summed E-state index contributed by atoms with van der Waals surface area (Å²) in [7, 11) is 0. The van der Waals surface area contributed by atoms with Crippen molar-refractivity contribution < 1.29 is 20.1 Å². The number of nitrogens with one attached hydrogen (secondary N) is 1. The van der Waals surface area contributed by atoms with Gasteiger partial charge in [0.05, 0.1) is 12.9 Å². The summed E-state index contributed by atoms with van der Waals surface area (Å²) in [6.07, 6.45) is -2.06. The highest BCUT2D eigenvalue weighted by molar-refractivity contribution is 5.70. The van der Waals surface area contributed by atoms with E-state index in [1.165, 1.54) is 17.8 Å². The summed E-state index contributed by atoms with van der Waals surface area (Å²) in [5, 5.41) is 29.6. The molecule has 0 spiro atoms. The van der Waals surface area contributed by atoms with Gasteiger partial charge in [-0.05, 0) is 6.92 Å². The molecule has 0 saturated carbocycles. The number of nitrogen functional groups attached to an aromatic ring is 1. The third-order valence-corrected chi connectivity index (χ3v) is 3.64. The average Bonchev–Trinajstić information content (AvgIpc) is 2.91. The Balaban J connectivity index is 2.15. The van der Waals surface area contributed by atoms with Gasteiger partial charge >= 0.3 is 0 Å². The molecule has 1 saturated heterocycles. The van der Waals surface area contributed by atoms with Crippen LogP contribution in [-0.2, 0) is 4.74 Å². The van der Waals surface area contributed by atoms with Gasteiger partial charge in [0.2, 0.25) is 5.95 Å². The third-order valence-electron chi connectivity index (χ3n) is 3.64. The van der Waals surface area contributed by atoms with Crippen LogP contribution in [0.25, 0.3) is 11.2 Å². The van der Waals surface area contributed by atoms with Crippen molar-refractivity contribution in [3.05, 3.63) is 16.7 Å². The van der Waals surface area contributed by atoms with E-state index in [4.69, 9.17) is 10.5 Å². The van der Waals surface area contributed by atoms with Gasteiger partial charge in [0.15, 0.2) is 17.4 Å². The standard InChI is InChI=1S/C11H15N5O5/c1-11(20)6(18)4(2-17)21-9(11)16-3-13-5-7(16)14-10(12)15-8(5)19/h3-4,6,9,17-18,20H,2H2,1H3,(H3,12,14,15,19)/t4-,6?,9-,11-/m0/s1. The summed E-state index contributed by atoms with van der Waals surface area (Å²) in [4.78, 5) is 21.9. The maximum absolute atomic E-state index is 11.7. The van der Waals surface area contributed by atoms with Gasteiger partial charge in [0.25, 0.3) is 5.56 Å². The number of aromatic amines is 1. The molecule has 10 heteroatoms. The van der Waals surface area contributed by atoms with Crippen molar-refractivity contribution in [3.8, 4) is 0 Å². The molecule has 3 rings (SSSR count). The quantitative estimate of drug-likeness (QED) is 0.414. The molecule has 2 aromatic heterocycles. The number of H-pyrrole nitrogens is 1. The van der Waals surface area contributed by atoms with E-state index in [1.807, 2.05) is 0 Å². The number of imidazole rings is 1. The number of aliphatic hydroxyl groups is 3. The van der Waals surface area contributed by atoms with Crippen molar-refractivity contribution in [2.45, 2.75) is 31.0 Å². The molecule has 1 fully saturated rings. The average molecular weight is 297 g/mol. The normalized spacial score (nSPS) is 32.9. The molecular formula is C11H15N5O5. The number of ether oxygens (including phenoxy) is 1. The van der Waals surface area contributed by atoms with E-state index in [-0.39, 0.29) is 17.1 Å². The predicted molar refractivity (Wildman–Crippen MR) is 70.2 cm³/mol. The SMILES string of the molecule is C[C@]1(O)C(O)[C@H](CO)O[C@@H]1n1cnc2c(=O)[nH]c(N)nc21. The van der Waals surface area contributed by atoms with E-state index in [0.29, 0.717) is 0 Å². The number of hydrogen-bond donors (Lipinski definition) is 5. The van der Waals surface area contributed by atoms with Crippen LogP contribution in [0.5, 0.6) is 0 Å². The lowest BCUT2D eigenvalue weighted by Gasteiger charge is -2.27. The zero-order valence-electron chi connectivity index (χ0n) is 11.1. The van der Waals surface area contributed by atoms with Gasteiger partial charge in [-0.15, -0.1) is 0 Å². The highest BCUT2D eigenvalue weighted by atomic mass is 16.6. The number of anilines is 1. The molecule has 21 heavy (non-hydrogen) atoms. The van der Waals surface area contributed by atoms with Crippen molar-refractivity contribution >= 4 is 17.1 Å². The molecule has 0 aliphatic carbocycles. The predicted octanol–water partition coefficient (Wildman–Crippen LogP) is -2.30. The number of fused-ring (bicyclic) bond motifs is 1. The fourth-order valence-corrected chi connectivity index (χ4v) is 2.50. The molecule has 10 nitrogen and oxygen atoms in total. The summed E-state index contributed by atoms with van der Waals surface area (Å²) < 4.78 is 6.76. The molecule has 2 aromatic rings. The fraction of sp³-hybridized carbons (Fsp3) is 0.545. The van der Waals surface area contributed by atoms with Gasteiger partial charge in [-0.3, -0.25) is 14.3 Å². The van der Waals surface area contributed by atoms with Crippen molar-refractivity contribution in [3.63, 3.8) is 0 Å². The highest BCUT2D eigenvalue weighted by Gasteiger charge is 2.53. The maximum atomic E-state index is 11.7. The third kappa shape index (κ3) is 1.92. The molecule has 114 valence electrons. The first-order valence-electron chi connectivity index (χ1n) is 6.25. The van der Waals surface area contributed by atoms with Crippen LogP contribution in [0.4, 0.5) is 5.95 Å². The van der Waals surface area contributed by atoms with Crippen LogP contribution in [0.3, 0.4) is 0 Å². The van der Waals surface area contributed by atoms with Crippen molar-refractivity contribution in [2.24, 2.45) is 0 Å². The lowest BCUT2D eigenvalue weighted by Crippen LogP contribution is -2.44. The first kappa shape index (κ1) is 13.9. The first-order valence-corrected chi connectivity index (χ1v) is 6.25. The molecule has 0 aromatic carbocycles. The van der Waals surface area contributed by atoms with E-state index in [0.717, 1.165) is 0 Å². The number of nitrogens with two attached hydrogens (primary N) is 1. The van der Waals surface area contributed by atoms with E-state index < -0.39 is 36.2 Å². The molecule has 0 radical (unpaired) electrons. The van der Waals surface area contributed by atoms with Gasteiger partial charge < -0.3 is 25.8 Å². The Morgan fingerprint density at radius 1 is 1.62 bits per heavy atom. The Morgan fingerprint density at radius 3 is 2.95 bits per heavy atom. The minimum atomic E-state index is -1.69. The van der Waals surface area contributed by atoms with Crippen LogP contribution in [0.2, 0.25) is 0 Å². The van der Waals surface area contributed by atoms with E-state index in [1.54, 1.807) is 0 Å². The maximum Gasteiger partial charge on any atom is 0.280 e. The van der Waals surface area contributed by atoms with E-state index in [2.05, 4.69) is 15.0 Å². The Kier molecular flexibility index (Phi) is 2.99. The Labute approximate surface area is 117 Å². The van der Waals surface area contributed by atoms with E-state index >= 15 is 0 Å². The van der Waals surface area contributed by atoms with Crippen molar-refractivity contribution in [2.75, 3.05) is 12.3 Å². The molecular weight excluding hydrogens is 282 g/mol. The first-order chi connectivity index (χ1) is 9.86. The summed E-state index contributed by atoms with van der Waals surface area (Å²) in [6, 6.07) is 0. The van der Waals surface area contributed by atoms with Gasteiger partial charge in [0, 0.05) is 0 Å². The van der Waals surface area contributed by atoms with Crippen LogP contribution in [0.15, 0.2) is 11.1 Å². The minimum Gasteiger partial charge on any atom is -0.394 e. The lowest BCUT2D eigenvalue weighted by atomic mass is 9.96.